The number of hydrogen-bond acceptors (Lipinski definition) is 4. The standard InChI is InChI=1S/C17H21N5O3/c1-10(2)15(18-11(3)23)17(25)22-21-16(24)14-9-13(19-20-14)12-7-5-4-6-8-12/h4-10,15H,1-3H3,(H,18,23)(H,19,20)(H,21,24)(H,22,25). The van der Waals surface area contributed by atoms with E-state index in [4.69, 9.17) is 0 Å². The van der Waals surface area contributed by atoms with Gasteiger partial charge in [-0.1, -0.05) is 44.2 Å². The highest BCUT2D eigenvalue weighted by Crippen LogP contribution is 2.16. The van der Waals surface area contributed by atoms with Gasteiger partial charge in [0.1, 0.15) is 11.7 Å². The molecule has 0 radical (unpaired) electrons. The maximum atomic E-state index is 12.1. The molecule has 1 aromatic carbocycles. The van der Waals surface area contributed by atoms with Crippen LogP contribution in [0.25, 0.3) is 11.3 Å². The summed E-state index contributed by atoms with van der Waals surface area (Å²) in [5.74, 6) is -1.48. The fourth-order valence-electron chi connectivity index (χ4n) is 2.21. The maximum absolute atomic E-state index is 12.1. The normalized spacial score (nSPS) is 11.7. The Morgan fingerprint density at radius 3 is 2.36 bits per heavy atom. The van der Waals surface area contributed by atoms with Crippen molar-refractivity contribution >= 4 is 17.7 Å². The summed E-state index contributed by atoms with van der Waals surface area (Å²) in [6.07, 6.45) is 0. The van der Waals surface area contributed by atoms with E-state index in [1.807, 2.05) is 30.3 Å². The Labute approximate surface area is 145 Å². The predicted octanol–water partition coefficient (Wildman–Crippen LogP) is 0.998. The molecule has 0 fully saturated rings. The highest BCUT2D eigenvalue weighted by atomic mass is 16.2. The summed E-state index contributed by atoms with van der Waals surface area (Å²) in [7, 11) is 0. The second-order valence-electron chi connectivity index (χ2n) is 5.90. The third-order valence-corrected chi connectivity index (χ3v) is 3.50. The molecule has 8 heteroatoms. The number of H-pyrrole nitrogens is 1. The van der Waals surface area contributed by atoms with Gasteiger partial charge >= 0.3 is 0 Å². The van der Waals surface area contributed by atoms with E-state index in [0.29, 0.717) is 5.69 Å². The Morgan fingerprint density at radius 1 is 1.08 bits per heavy atom. The summed E-state index contributed by atoms with van der Waals surface area (Å²) in [5, 5.41) is 9.26. The molecule has 1 aromatic heterocycles. The largest absolute Gasteiger partial charge is 0.344 e. The van der Waals surface area contributed by atoms with E-state index in [-0.39, 0.29) is 17.5 Å². The molecule has 0 bridgehead atoms. The number of aromatic amines is 1. The van der Waals surface area contributed by atoms with Crippen LogP contribution in [0.1, 0.15) is 31.3 Å². The minimum absolute atomic E-state index is 0.127. The fourth-order valence-corrected chi connectivity index (χ4v) is 2.21. The van der Waals surface area contributed by atoms with Gasteiger partial charge < -0.3 is 5.32 Å². The zero-order valence-electron chi connectivity index (χ0n) is 14.3. The average Bonchev–Trinajstić information content (AvgIpc) is 3.08. The van der Waals surface area contributed by atoms with Gasteiger partial charge in [0.2, 0.25) is 5.91 Å². The molecular weight excluding hydrogens is 322 g/mol. The molecule has 0 aliphatic carbocycles. The van der Waals surface area contributed by atoms with Crippen LogP contribution in [0.15, 0.2) is 36.4 Å². The summed E-state index contributed by atoms with van der Waals surface area (Å²) < 4.78 is 0. The number of rotatable bonds is 5. The lowest BCUT2D eigenvalue weighted by atomic mass is 10.0. The van der Waals surface area contributed by atoms with Gasteiger partial charge in [0, 0.05) is 12.5 Å². The van der Waals surface area contributed by atoms with Crippen molar-refractivity contribution in [1.29, 1.82) is 0 Å². The van der Waals surface area contributed by atoms with E-state index < -0.39 is 17.9 Å². The topological polar surface area (TPSA) is 116 Å². The highest BCUT2D eigenvalue weighted by Gasteiger charge is 2.23. The van der Waals surface area contributed by atoms with Crippen molar-refractivity contribution in [1.82, 2.24) is 26.4 Å². The molecule has 0 spiro atoms. The van der Waals surface area contributed by atoms with Crippen LogP contribution >= 0.6 is 0 Å². The summed E-state index contributed by atoms with van der Waals surface area (Å²) in [4.78, 5) is 35.4. The van der Waals surface area contributed by atoms with Crippen molar-refractivity contribution in [3.05, 3.63) is 42.1 Å². The number of hydrazine groups is 1. The lowest BCUT2D eigenvalue weighted by Gasteiger charge is -2.20. The molecule has 3 amide bonds. The van der Waals surface area contributed by atoms with Gasteiger partial charge in [-0.15, -0.1) is 0 Å². The number of carbonyl (C=O) groups excluding carboxylic acids is 3. The third-order valence-electron chi connectivity index (χ3n) is 3.50. The van der Waals surface area contributed by atoms with Crippen LogP contribution in [0.5, 0.6) is 0 Å². The van der Waals surface area contributed by atoms with Gasteiger partial charge in [0.05, 0.1) is 5.69 Å². The Hall–Kier alpha value is -3.16. The minimum Gasteiger partial charge on any atom is -0.344 e. The molecule has 8 nitrogen and oxygen atoms in total. The Morgan fingerprint density at radius 2 is 1.76 bits per heavy atom. The van der Waals surface area contributed by atoms with Crippen LogP contribution in [0.3, 0.4) is 0 Å². The number of aromatic nitrogens is 2. The summed E-state index contributed by atoms with van der Waals surface area (Å²) in [5.41, 5.74) is 6.32. The van der Waals surface area contributed by atoms with E-state index in [1.54, 1.807) is 19.9 Å². The number of nitrogens with one attached hydrogen (secondary N) is 4. The molecule has 1 heterocycles. The van der Waals surface area contributed by atoms with E-state index in [0.717, 1.165) is 5.56 Å². The quantitative estimate of drug-likeness (QED) is 0.606. The molecule has 0 saturated heterocycles. The lowest BCUT2D eigenvalue weighted by molar-refractivity contribution is -0.129. The van der Waals surface area contributed by atoms with E-state index in [2.05, 4.69) is 26.4 Å². The van der Waals surface area contributed by atoms with Crippen molar-refractivity contribution < 1.29 is 14.4 Å². The molecule has 1 unspecified atom stereocenters. The molecular formula is C17H21N5O3. The van der Waals surface area contributed by atoms with Crippen LogP contribution in [-0.4, -0.2) is 34.0 Å². The Bertz CT molecular complexity index is 755. The summed E-state index contributed by atoms with van der Waals surface area (Å²) in [6.45, 7) is 4.92. The van der Waals surface area contributed by atoms with Crippen molar-refractivity contribution in [2.45, 2.75) is 26.8 Å². The summed E-state index contributed by atoms with van der Waals surface area (Å²) in [6, 6.07) is 10.2. The van der Waals surface area contributed by atoms with Gasteiger partial charge in [-0.3, -0.25) is 30.3 Å². The molecule has 1 atom stereocenters. The maximum Gasteiger partial charge on any atom is 0.287 e. The molecule has 2 rings (SSSR count). The van der Waals surface area contributed by atoms with Crippen LogP contribution in [0, 0.1) is 5.92 Å². The number of nitrogens with zero attached hydrogens (tertiary/aromatic N) is 1. The number of hydrogen-bond donors (Lipinski definition) is 4. The first kappa shape index (κ1) is 18.2. The second-order valence-corrected chi connectivity index (χ2v) is 5.90. The van der Waals surface area contributed by atoms with Gasteiger partial charge in [-0.2, -0.15) is 5.10 Å². The first-order valence-corrected chi connectivity index (χ1v) is 7.86. The molecule has 132 valence electrons. The van der Waals surface area contributed by atoms with Gasteiger partial charge in [-0.25, -0.2) is 0 Å². The van der Waals surface area contributed by atoms with Gasteiger partial charge in [0.25, 0.3) is 11.8 Å². The minimum atomic E-state index is -0.737. The molecule has 0 saturated carbocycles. The predicted molar refractivity (Wildman–Crippen MR) is 92.1 cm³/mol. The molecule has 0 aliphatic rings. The Balaban J connectivity index is 1.97. The third kappa shape index (κ3) is 4.90. The van der Waals surface area contributed by atoms with Crippen molar-refractivity contribution in [3.8, 4) is 11.3 Å². The first-order valence-electron chi connectivity index (χ1n) is 7.86. The zero-order chi connectivity index (χ0) is 18.4. The number of amides is 3. The van der Waals surface area contributed by atoms with Gasteiger partial charge in [0.15, 0.2) is 0 Å². The van der Waals surface area contributed by atoms with E-state index in [9.17, 15) is 14.4 Å². The van der Waals surface area contributed by atoms with Crippen molar-refractivity contribution in [3.63, 3.8) is 0 Å². The first-order chi connectivity index (χ1) is 11.9. The monoisotopic (exact) mass is 343 g/mol. The van der Waals surface area contributed by atoms with E-state index in [1.165, 1.54) is 6.92 Å². The summed E-state index contributed by atoms with van der Waals surface area (Å²) >= 11 is 0. The van der Waals surface area contributed by atoms with Gasteiger partial charge in [-0.05, 0) is 12.0 Å². The smallest absolute Gasteiger partial charge is 0.287 e. The number of benzene rings is 1. The highest BCUT2D eigenvalue weighted by molar-refractivity contribution is 5.95. The Kier molecular flexibility index (Phi) is 5.89. The average molecular weight is 343 g/mol. The molecule has 2 aromatic rings. The van der Waals surface area contributed by atoms with Crippen LogP contribution in [0.2, 0.25) is 0 Å². The fraction of sp³-hybridized carbons (Fsp3) is 0.294. The SMILES string of the molecule is CC(=O)NC(C(=O)NNC(=O)c1cc(-c2ccccc2)n[nH]1)C(C)C. The van der Waals surface area contributed by atoms with Crippen molar-refractivity contribution in [2.24, 2.45) is 5.92 Å². The van der Waals surface area contributed by atoms with Crippen LogP contribution in [0.4, 0.5) is 0 Å². The molecule has 25 heavy (non-hydrogen) atoms. The molecule has 0 aliphatic heterocycles. The second kappa shape index (κ2) is 8.09. The zero-order valence-corrected chi connectivity index (χ0v) is 14.3. The van der Waals surface area contributed by atoms with Crippen LogP contribution in [-0.2, 0) is 9.59 Å². The van der Waals surface area contributed by atoms with E-state index >= 15 is 0 Å². The number of carbonyl (C=O) groups is 3. The lowest BCUT2D eigenvalue weighted by Crippen LogP contribution is -2.54. The van der Waals surface area contributed by atoms with Crippen molar-refractivity contribution in [2.75, 3.05) is 0 Å². The van der Waals surface area contributed by atoms with Crippen LogP contribution < -0.4 is 16.2 Å². The molecule has 4 N–H and O–H groups in total.